The minimum absolute atomic E-state index is 0.105. The summed E-state index contributed by atoms with van der Waals surface area (Å²) < 4.78 is 13.8. The van der Waals surface area contributed by atoms with E-state index in [0.29, 0.717) is 21.9 Å². The van der Waals surface area contributed by atoms with Gasteiger partial charge in [0.15, 0.2) is 17.9 Å². The average Bonchev–Trinajstić information content (AvgIpc) is 3.36. The molecule has 26 heavy (non-hydrogen) atoms. The minimum atomic E-state index is -0.851. The van der Waals surface area contributed by atoms with Crippen LogP contribution in [0.1, 0.15) is 23.2 Å². The molecule has 1 saturated heterocycles. The van der Waals surface area contributed by atoms with E-state index in [-0.39, 0.29) is 5.56 Å². The Hall–Kier alpha value is -2.80. The van der Waals surface area contributed by atoms with Crippen LogP contribution in [0.3, 0.4) is 0 Å². The third-order valence-electron chi connectivity index (χ3n) is 4.48. The first-order valence-corrected chi connectivity index (χ1v) is 9.14. The highest BCUT2D eigenvalue weighted by Gasteiger charge is 2.15. The zero-order chi connectivity index (χ0) is 18.1. The Kier molecular flexibility index (Phi) is 4.38. The molecule has 2 aromatic carbocycles. The van der Waals surface area contributed by atoms with Crippen molar-refractivity contribution in [1.82, 2.24) is 10.2 Å². The second-order valence-corrected chi connectivity index (χ2v) is 7.14. The second-order valence-electron chi connectivity index (χ2n) is 6.17. The van der Waals surface area contributed by atoms with Crippen LogP contribution in [0.15, 0.2) is 36.4 Å². The third-order valence-corrected chi connectivity index (χ3v) is 5.50. The number of aromatic nitrogens is 2. The fourth-order valence-corrected chi connectivity index (χ4v) is 3.92. The van der Waals surface area contributed by atoms with E-state index >= 15 is 0 Å². The van der Waals surface area contributed by atoms with Crippen molar-refractivity contribution in [2.75, 3.05) is 18.0 Å². The summed E-state index contributed by atoms with van der Waals surface area (Å²) >= 11 is 1.31. The quantitative estimate of drug-likeness (QED) is 0.701. The maximum absolute atomic E-state index is 13.8. The Morgan fingerprint density at radius 1 is 1.04 bits per heavy atom. The molecule has 0 radical (unpaired) electrons. The maximum atomic E-state index is 13.8. The highest BCUT2D eigenvalue weighted by atomic mass is 32.1. The first-order chi connectivity index (χ1) is 12.7. The Morgan fingerprint density at radius 2 is 1.69 bits per heavy atom. The molecule has 1 N–H and O–H groups in total. The molecule has 1 aliphatic rings. The standard InChI is InChI=1S/C19H16FN3O2S/c20-16-10-13(9-14(11-24)17(16)25)19-22-21-18(26-19)12-3-5-15(6-4-12)23-7-1-2-8-23/h3-6,9-11,25H,1-2,7-8H2. The molecule has 0 unspecified atom stereocenters. The molecule has 1 fully saturated rings. The van der Waals surface area contributed by atoms with Crippen molar-refractivity contribution >= 4 is 23.3 Å². The molecule has 0 aliphatic carbocycles. The van der Waals surface area contributed by atoms with Crippen molar-refractivity contribution in [3.63, 3.8) is 0 Å². The molecular formula is C19H16FN3O2S. The molecule has 0 bridgehead atoms. The van der Waals surface area contributed by atoms with E-state index in [9.17, 15) is 14.3 Å². The number of halogens is 1. The summed E-state index contributed by atoms with van der Waals surface area (Å²) in [6.07, 6.45) is 2.88. The normalized spacial score (nSPS) is 14.0. The zero-order valence-electron chi connectivity index (χ0n) is 13.9. The largest absolute Gasteiger partial charge is 0.504 e. The van der Waals surface area contributed by atoms with Crippen LogP contribution in [-0.4, -0.2) is 34.7 Å². The zero-order valence-corrected chi connectivity index (χ0v) is 14.7. The van der Waals surface area contributed by atoms with Crippen molar-refractivity contribution in [1.29, 1.82) is 0 Å². The van der Waals surface area contributed by atoms with Gasteiger partial charge in [0, 0.05) is 29.9 Å². The van der Waals surface area contributed by atoms with Gasteiger partial charge in [-0.1, -0.05) is 11.3 Å². The molecular weight excluding hydrogens is 353 g/mol. The Balaban J connectivity index is 1.62. The van der Waals surface area contributed by atoms with Gasteiger partial charge < -0.3 is 10.0 Å². The number of hydrogen-bond donors (Lipinski definition) is 1. The highest BCUT2D eigenvalue weighted by Crippen LogP contribution is 2.34. The van der Waals surface area contributed by atoms with Crippen molar-refractivity contribution in [2.24, 2.45) is 0 Å². The molecule has 132 valence electrons. The average molecular weight is 369 g/mol. The van der Waals surface area contributed by atoms with Crippen molar-refractivity contribution in [3.05, 3.63) is 47.8 Å². The van der Waals surface area contributed by atoms with Crippen molar-refractivity contribution in [2.45, 2.75) is 12.8 Å². The van der Waals surface area contributed by atoms with Crippen molar-refractivity contribution in [3.8, 4) is 26.9 Å². The van der Waals surface area contributed by atoms with E-state index in [2.05, 4.69) is 27.2 Å². The monoisotopic (exact) mass is 369 g/mol. The summed E-state index contributed by atoms with van der Waals surface area (Å²) in [6.45, 7) is 2.18. The van der Waals surface area contributed by atoms with Gasteiger partial charge in [0.25, 0.3) is 0 Å². The van der Waals surface area contributed by atoms with Gasteiger partial charge in [-0.2, -0.15) is 0 Å². The van der Waals surface area contributed by atoms with Crippen LogP contribution in [0.5, 0.6) is 5.75 Å². The lowest BCUT2D eigenvalue weighted by atomic mass is 10.1. The smallest absolute Gasteiger partial charge is 0.166 e. The van der Waals surface area contributed by atoms with Crippen LogP contribution < -0.4 is 4.90 Å². The Bertz CT molecular complexity index is 950. The van der Waals surface area contributed by atoms with E-state index in [1.54, 1.807) is 0 Å². The number of aldehydes is 1. The molecule has 3 aromatic rings. The van der Waals surface area contributed by atoms with Crippen LogP contribution in [0.2, 0.25) is 0 Å². The lowest BCUT2D eigenvalue weighted by Gasteiger charge is -2.17. The molecule has 0 spiro atoms. The SMILES string of the molecule is O=Cc1cc(-c2nnc(-c3ccc(N4CCCC4)cc3)s2)cc(F)c1O. The van der Waals surface area contributed by atoms with Gasteiger partial charge >= 0.3 is 0 Å². The van der Waals surface area contributed by atoms with E-state index in [0.717, 1.165) is 24.7 Å². The van der Waals surface area contributed by atoms with Gasteiger partial charge in [0.05, 0.1) is 5.56 Å². The highest BCUT2D eigenvalue weighted by molar-refractivity contribution is 7.17. The number of carbonyl (C=O) groups excluding carboxylic acids is 1. The summed E-state index contributed by atoms with van der Waals surface area (Å²) in [5.41, 5.74) is 2.45. The van der Waals surface area contributed by atoms with Crippen LogP contribution in [-0.2, 0) is 0 Å². The van der Waals surface area contributed by atoms with Crippen LogP contribution in [0.4, 0.5) is 10.1 Å². The number of carbonyl (C=O) groups is 1. The number of hydrogen-bond acceptors (Lipinski definition) is 6. The second kappa shape index (κ2) is 6.84. The summed E-state index contributed by atoms with van der Waals surface area (Å²) in [6, 6.07) is 10.7. The van der Waals surface area contributed by atoms with E-state index in [4.69, 9.17) is 0 Å². The van der Waals surface area contributed by atoms with Crippen molar-refractivity contribution < 1.29 is 14.3 Å². The first-order valence-electron chi connectivity index (χ1n) is 8.32. The van der Waals surface area contributed by atoms with Gasteiger partial charge in [-0.05, 0) is 49.2 Å². The summed E-state index contributed by atoms with van der Waals surface area (Å²) in [7, 11) is 0. The number of benzene rings is 2. The third kappa shape index (κ3) is 3.06. The van der Waals surface area contributed by atoms with Gasteiger partial charge in [0.2, 0.25) is 0 Å². The predicted molar refractivity (Wildman–Crippen MR) is 99.2 cm³/mol. The van der Waals surface area contributed by atoms with Crippen LogP contribution in [0, 0.1) is 5.82 Å². The maximum Gasteiger partial charge on any atom is 0.166 e. The van der Waals surface area contributed by atoms with E-state index in [1.165, 1.54) is 35.9 Å². The molecule has 0 atom stereocenters. The Labute approximate surface area is 153 Å². The van der Waals surface area contributed by atoms with E-state index < -0.39 is 11.6 Å². The summed E-state index contributed by atoms with van der Waals surface area (Å²) in [4.78, 5) is 13.3. The molecule has 7 heteroatoms. The molecule has 4 rings (SSSR count). The molecule has 1 aliphatic heterocycles. The first kappa shape index (κ1) is 16.7. The number of phenolic OH excluding ortho intramolecular Hbond substituents is 1. The minimum Gasteiger partial charge on any atom is -0.504 e. The predicted octanol–water partition coefficient (Wildman–Crippen LogP) is 4.13. The summed E-state index contributed by atoms with van der Waals surface area (Å²) in [5.74, 6) is -1.50. The fraction of sp³-hybridized carbons (Fsp3) is 0.211. The number of phenols is 1. The fourth-order valence-electron chi connectivity index (χ4n) is 3.08. The lowest BCUT2D eigenvalue weighted by molar-refractivity contribution is 0.112. The number of anilines is 1. The number of rotatable bonds is 4. The van der Waals surface area contributed by atoms with Crippen LogP contribution >= 0.6 is 11.3 Å². The molecule has 0 saturated carbocycles. The number of aromatic hydroxyl groups is 1. The molecule has 0 amide bonds. The Morgan fingerprint density at radius 3 is 2.35 bits per heavy atom. The van der Waals surface area contributed by atoms with Crippen LogP contribution in [0.25, 0.3) is 21.1 Å². The van der Waals surface area contributed by atoms with Gasteiger partial charge in [0.1, 0.15) is 10.0 Å². The number of nitrogens with zero attached hydrogens (tertiary/aromatic N) is 3. The van der Waals surface area contributed by atoms with Gasteiger partial charge in [-0.3, -0.25) is 4.79 Å². The molecule has 2 heterocycles. The van der Waals surface area contributed by atoms with E-state index in [1.807, 2.05) is 12.1 Å². The topological polar surface area (TPSA) is 66.3 Å². The summed E-state index contributed by atoms with van der Waals surface area (Å²) in [5, 5.41) is 19.0. The lowest BCUT2D eigenvalue weighted by Crippen LogP contribution is -2.17. The van der Waals surface area contributed by atoms with Gasteiger partial charge in [-0.15, -0.1) is 10.2 Å². The molecule has 1 aromatic heterocycles. The van der Waals surface area contributed by atoms with Gasteiger partial charge in [-0.25, -0.2) is 4.39 Å². The molecule has 5 nitrogen and oxygen atoms in total.